The number of aryl methyl sites for hydroxylation is 1. The third kappa shape index (κ3) is 3.22. The molecule has 5 nitrogen and oxygen atoms in total. The number of imidazole rings is 1. The molecule has 0 saturated carbocycles. The molecule has 134 valence electrons. The number of ether oxygens (including phenoxy) is 1. The Morgan fingerprint density at radius 1 is 1.15 bits per heavy atom. The third-order valence-electron chi connectivity index (χ3n) is 5.10. The lowest BCUT2D eigenvalue weighted by molar-refractivity contribution is 0.240. The van der Waals surface area contributed by atoms with Gasteiger partial charge in [0.05, 0.1) is 18.8 Å². The van der Waals surface area contributed by atoms with Gasteiger partial charge in [-0.3, -0.25) is 9.47 Å². The quantitative estimate of drug-likeness (QED) is 0.701. The van der Waals surface area contributed by atoms with Gasteiger partial charge in [0.2, 0.25) is 0 Å². The highest BCUT2D eigenvalue weighted by Crippen LogP contribution is 2.34. The highest BCUT2D eigenvalue weighted by molar-refractivity contribution is 5.34. The number of likely N-dealkylation sites (tertiary alicyclic amines) is 1. The maximum absolute atomic E-state index is 5.53. The molecule has 1 saturated heterocycles. The number of methoxy groups -OCH3 is 1. The van der Waals surface area contributed by atoms with Crippen molar-refractivity contribution in [2.24, 2.45) is 0 Å². The van der Waals surface area contributed by atoms with E-state index in [0.29, 0.717) is 6.04 Å². The predicted octanol–water partition coefficient (Wildman–Crippen LogP) is 3.92. The Morgan fingerprint density at radius 3 is 2.85 bits per heavy atom. The Balaban J connectivity index is 1.60. The zero-order valence-corrected chi connectivity index (χ0v) is 15.3. The van der Waals surface area contributed by atoms with E-state index >= 15 is 0 Å². The summed E-state index contributed by atoms with van der Waals surface area (Å²) in [6, 6.07) is 14.9. The zero-order chi connectivity index (χ0) is 17.9. The van der Waals surface area contributed by atoms with Gasteiger partial charge >= 0.3 is 0 Å². The lowest BCUT2D eigenvalue weighted by Crippen LogP contribution is -2.24. The Bertz CT molecular complexity index is 889. The normalized spacial score (nSPS) is 17.5. The monoisotopic (exact) mass is 348 g/mol. The molecule has 3 aromatic rings. The van der Waals surface area contributed by atoms with Crippen LogP contribution in [-0.4, -0.2) is 33.1 Å². The van der Waals surface area contributed by atoms with Crippen molar-refractivity contribution in [2.75, 3.05) is 13.7 Å². The maximum atomic E-state index is 5.53. The molecule has 2 aromatic heterocycles. The summed E-state index contributed by atoms with van der Waals surface area (Å²) in [5.74, 6) is 2.84. The van der Waals surface area contributed by atoms with E-state index in [2.05, 4.69) is 34.1 Å². The second-order valence-electron chi connectivity index (χ2n) is 6.71. The Labute approximate surface area is 154 Å². The first-order valence-electron chi connectivity index (χ1n) is 9.09. The van der Waals surface area contributed by atoms with Crippen LogP contribution in [0.15, 0.2) is 54.9 Å². The molecule has 0 spiro atoms. The molecule has 1 aliphatic heterocycles. The SMILES string of the molecule is COc1ccccc1CN1CCCC1c1cccc(-n2ccnc2C)n1. The number of hydrogen-bond donors (Lipinski definition) is 0. The lowest BCUT2D eigenvalue weighted by atomic mass is 10.1. The fourth-order valence-corrected chi connectivity index (χ4v) is 3.78. The van der Waals surface area contributed by atoms with Gasteiger partial charge in [-0.2, -0.15) is 0 Å². The molecule has 1 unspecified atom stereocenters. The summed E-state index contributed by atoms with van der Waals surface area (Å²) < 4.78 is 7.56. The van der Waals surface area contributed by atoms with Crippen molar-refractivity contribution in [3.05, 3.63) is 71.9 Å². The molecule has 4 rings (SSSR count). The maximum Gasteiger partial charge on any atom is 0.138 e. The molecule has 5 heteroatoms. The van der Waals surface area contributed by atoms with Crippen LogP contribution in [0.1, 0.15) is 36.0 Å². The Hall–Kier alpha value is -2.66. The molecule has 1 aromatic carbocycles. The van der Waals surface area contributed by atoms with E-state index in [4.69, 9.17) is 9.72 Å². The first kappa shape index (κ1) is 16.8. The molecule has 0 N–H and O–H groups in total. The first-order valence-corrected chi connectivity index (χ1v) is 9.09. The van der Waals surface area contributed by atoms with Crippen LogP contribution in [0.4, 0.5) is 0 Å². The number of rotatable bonds is 5. The topological polar surface area (TPSA) is 43.2 Å². The van der Waals surface area contributed by atoms with Gasteiger partial charge in [0.15, 0.2) is 0 Å². The summed E-state index contributed by atoms with van der Waals surface area (Å²) in [7, 11) is 1.73. The van der Waals surface area contributed by atoms with Crippen LogP contribution in [0.2, 0.25) is 0 Å². The standard InChI is InChI=1S/C21H24N4O/c1-16-22-12-14-25(16)21-11-5-8-18(23-21)19-9-6-13-24(19)15-17-7-3-4-10-20(17)26-2/h3-5,7-8,10-12,14,19H,6,9,13,15H2,1-2H3. The summed E-state index contributed by atoms with van der Waals surface area (Å²) in [5, 5.41) is 0. The van der Waals surface area contributed by atoms with Crippen molar-refractivity contribution in [1.82, 2.24) is 19.4 Å². The van der Waals surface area contributed by atoms with Gasteiger partial charge in [-0.15, -0.1) is 0 Å². The average molecular weight is 348 g/mol. The van der Waals surface area contributed by atoms with E-state index in [9.17, 15) is 0 Å². The van der Waals surface area contributed by atoms with E-state index in [0.717, 1.165) is 42.6 Å². The number of benzene rings is 1. The van der Waals surface area contributed by atoms with Crippen LogP contribution in [-0.2, 0) is 6.54 Å². The van der Waals surface area contributed by atoms with Crippen LogP contribution < -0.4 is 4.74 Å². The second-order valence-corrected chi connectivity index (χ2v) is 6.71. The molecule has 3 heterocycles. The number of para-hydroxylation sites is 1. The molecule has 1 fully saturated rings. The van der Waals surface area contributed by atoms with Gasteiger partial charge in [0.25, 0.3) is 0 Å². The van der Waals surface area contributed by atoms with Crippen LogP contribution in [0.3, 0.4) is 0 Å². The number of hydrogen-bond acceptors (Lipinski definition) is 4. The van der Waals surface area contributed by atoms with Crippen molar-refractivity contribution in [2.45, 2.75) is 32.4 Å². The van der Waals surface area contributed by atoms with Crippen LogP contribution in [0, 0.1) is 6.92 Å². The molecular formula is C21H24N4O. The van der Waals surface area contributed by atoms with E-state index in [1.54, 1.807) is 7.11 Å². The van der Waals surface area contributed by atoms with Gasteiger partial charge < -0.3 is 4.74 Å². The van der Waals surface area contributed by atoms with E-state index in [1.807, 2.05) is 42.1 Å². The lowest BCUT2D eigenvalue weighted by Gasteiger charge is -2.25. The van der Waals surface area contributed by atoms with Gasteiger partial charge in [0, 0.05) is 24.5 Å². The third-order valence-corrected chi connectivity index (χ3v) is 5.10. The van der Waals surface area contributed by atoms with E-state index in [-0.39, 0.29) is 0 Å². The molecule has 0 aliphatic carbocycles. The first-order chi connectivity index (χ1) is 12.8. The van der Waals surface area contributed by atoms with Gasteiger partial charge in [-0.25, -0.2) is 9.97 Å². The van der Waals surface area contributed by atoms with Gasteiger partial charge in [-0.05, 0) is 44.5 Å². The fraction of sp³-hybridized carbons (Fsp3) is 0.333. The number of nitrogens with zero attached hydrogens (tertiary/aromatic N) is 4. The zero-order valence-electron chi connectivity index (χ0n) is 15.3. The van der Waals surface area contributed by atoms with Crippen molar-refractivity contribution >= 4 is 0 Å². The van der Waals surface area contributed by atoms with Crippen LogP contribution in [0.25, 0.3) is 5.82 Å². The molecule has 26 heavy (non-hydrogen) atoms. The second kappa shape index (κ2) is 7.30. The summed E-state index contributed by atoms with van der Waals surface area (Å²) in [6.45, 7) is 3.96. The van der Waals surface area contributed by atoms with Gasteiger partial charge in [0.1, 0.15) is 17.4 Å². The summed E-state index contributed by atoms with van der Waals surface area (Å²) in [5.41, 5.74) is 2.35. The highest BCUT2D eigenvalue weighted by Gasteiger charge is 2.28. The number of aromatic nitrogens is 3. The minimum absolute atomic E-state index is 0.337. The molecular weight excluding hydrogens is 324 g/mol. The molecule has 1 atom stereocenters. The van der Waals surface area contributed by atoms with Crippen LogP contribution in [0.5, 0.6) is 5.75 Å². The predicted molar refractivity (Wildman–Crippen MR) is 101 cm³/mol. The van der Waals surface area contributed by atoms with Crippen molar-refractivity contribution in [1.29, 1.82) is 0 Å². The largest absolute Gasteiger partial charge is 0.496 e. The van der Waals surface area contributed by atoms with Gasteiger partial charge in [-0.1, -0.05) is 24.3 Å². The van der Waals surface area contributed by atoms with Crippen molar-refractivity contribution in [3.63, 3.8) is 0 Å². The molecule has 0 bridgehead atoms. The fourth-order valence-electron chi connectivity index (χ4n) is 3.78. The van der Waals surface area contributed by atoms with E-state index < -0.39 is 0 Å². The minimum atomic E-state index is 0.337. The molecule has 0 radical (unpaired) electrons. The van der Waals surface area contributed by atoms with Crippen LogP contribution >= 0.6 is 0 Å². The molecule has 1 aliphatic rings. The Morgan fingerprint density at radius 2 is 2.04 bits per heavy atom. The van der Waals surface area contributed by atoms with Crippen molar-refractivity contribution in [3.8, 4) is 11.6 Å². The highest BCUT2D eigenvalue weighted by atomic mass is 16.5. The smallest absolute Gasteiger partial charge is 0.138 e. The molecule has 0 amide bonds. The van der Waals surface area contributed by atoms with E-state index in [1.165, 1.54) is 12.0 Å². The number of pyridine rings is 1. The van der Waals surface area contributed by atoms with Crippen molar-refractivity contribution < 1.29 is 4.74 Å². The Kier molecular flexibility index (Phi) is 4.71. The average Bonchev–Trinajstić information content (AvgIpc) is 3.31. The minimum Gasteiger partial charge on any atom is -0.496 e. The summed E-state index contributed by atoms with van der Waals surface area (Å²) >= 11 is 0. The summed E-state index contributed by atoms with van der Waals surface area (Å²) in [4.78, 5) is 11.8. The summed E-state index contributed by atoms with van der Waals surface area (Å²) in [6.07, 6.45) is 6.10.